The molecule has 0 saturated carbocycles. The lowest BCUT2D eigenvalue weighted by Crippen LogP contribution is -2.09. The Bertz CT molecular complexity index is 382. The maximum absolute atomic E-state index is 11.0. The molecule has 0 radical (unpaired) electrons. The zero-order valence-electron chi connectivity index (χ0n) is 8.40. The Kier molecular flexibility index (Phi) is 4.17. The number of Topliss-reactive ketones (excluding diaryl/α,β-unsaturated/α-hetero) is 1. The van der Waals surface area contributed by atoms with Gasteiger partial charge < -0.3 is 9.47 Å². The quantitative estimate of drug-likeness (QED) is 0.731. The summed E-state index contributed by atoms with van der Waals surface area (Å²) in [6.07, 6.45) is -0.121. The van der Waals surface area contributed by atoms with Gasteiger partial charge in [-0.2, -0.15) is 5.26 Å². The van der Waals surface area contributed by atoms with Crippen LogP contribution in [0.15, 0.2) is 24.3 Å². The van der Waals surface area contributed by atoms with Gasteiger partial charge in [0.15, 0.2) is 5.78 Å². The van der Waals surface area contributed by atoms with Crippen molar-refractivity contribution >= 4 is 5.78 Å². The molecule has 15 heavy (non-hydrogen) atoms. The Morgan fingerprint density at radius 3 is 2.87 bits per heavy atom. The van der Waals surface area contributed by atoms with E-state index in [4.69, 9.17) is 14.7 Å². The van der Waals surface area contributed by atoms with Crippen LogP contribution in [0.5, 0.6) is 11.5 Å². The second-order valence-corrected chi connectivity index (χ2v) is 2.84. The molecule has 0 bridgehead atoms. The highest BCUT2D eigenvalue weighted by Gasteiger charge is 2.02. The van der Waals surface area contributed by atoms with E-state index in [-0.39, 0.29) is 18.8 Å². The van der Waals surface area contributed by atoms with Crippen LogP contribution < -0.4 is 9.47 Å². The van der Waals surface area contributed by atoms with Crippen molar-refractivity contribution in [1.82, 2.24) is 0 Å². The lowest BCUT2D eigenvalue weighted by atomic mass is 10.3. The number of hydrogen-bond acceptors (Lipinski definition) is 4. The third kappa shape index (κ3) is 3.69. The minimum Gasteiger partial charge on any atom is -0.497 e. The lowest BCUT2D eigenvalue weighted by Gasteiger charge is -2.05. The molecule has 0 aliphatic heterocycles. The Labute approximate surface area is 88.0 Å². The Morgan fingerprint density at radius 2 is 2.20 bits per heavy atom. The number of benzene rings is 1. The topological polar surface area (TPSA) is 59.3 Å². The molecule has 0 N–H and O–H groups in total. The Balaban J connectivity index is 2.51. The molecule has 1 rings (SSSR count). The Hall–Kier alpha value is -2.02. The number of carbonyl (C=O) groups is 1. The van der Waals surface area contributed by atoms with Gasteiger partial charge in [-0.25, -0.2) is 0 Å². The highest BCUT2D eigenvalue weighted by Crippen LogP contribution is 2.18. The van der Waals surface area contributed by atoms with Crippen LogP contribution in [0.3, 0.4) is 0 Å². The Morgan fingerprint density at radius 1 is 1.47 bits per heavy atom. The summed E-state index contributed by atoms with van der Waals surface area (Å²) in [6, 6.07) is 8.73. The van der Waals surface area contributed by atoms with Gasteiger partial charge in [0.25, 0.3) is 0 Å². The number of methoxy groups -OCH3 is 1. The van der Waals surface area contributed by atoms with Crippen molar-refractivity contribution in [3.05, 3.63) is 24.3 Å². The monoisotopic (exact) mass is 205 g/mol. The first kappa shape index (κ1) is 11.1. The fraction of sp³-hybridized carbons (Fsp3) is 0.273. The SMILES string of the molecule is COc1cccc(OCC(=O)CC#N)c1. The van der Waals surface area contributed by atoms with Crippen LogP contribution in [0.4, 0.5) is 0 Å². The number of nitrogens with zero attached hydrogens (tertiary/aromatic N) is 1. The molecule has 0 spiro atoms. The fourth-order valence-electron chi connectivity index (χ4n) is 0.994. The largest absolute Gasteiger partial charge is 0.497 e. The molecule has 1 aromatic rings. The van der Waals surface area contributed by atoms with Gasteiger partial charge in [-0.3, -0.25) is 4.79 Å². The summed E-state index contributed by atoms with van der Waals surface area (Å²) in [5.41, 5.74) is 0. The predicted molar refractivity (Wildman–Crippen MR) is 53.7 cm³/mol. The second kappa shape index (κ2) is 5.66. The van der Waals surface area contributed by atoms with Gasteiger partial charge in [0.2, 0.25) is 0 Å². The summed E-state index contributed by atoms with van der Waals surface area (Å²) in [4.78, 5) is 11.0. The zero-order chi connectivity index (χ0) is 11.1. The molecule has 0 saturated heterocycles. The number of nitriles is 1. The fourth-order valence-corrected chi connectivity index (χ4v) is 0.994. The highest BCUT2D eigenvalue weighted by molar-refractivity contribution is 5.81. The van der Waals surface area contributed by atoms with E-state index in [1.54, 1.807) is 37.4 Å². The van der Waals surface area contributed by atoms with Crippen LogP contribution in [0, 0.1) is 11.3 Å². The molecule has 0 aromatic heterocycles. The smallest absolute Gasteiger partial charge is 0.184 e. The van der Waals surface area contributed by atoms with Gasteiger partial charge in [0, 0.05) is 6.07 Å². The second-order valence-electron chi connectivity index (χ2n) is 2.84. The van der Waals surface area contributed by atoms with Gasteiger partial charge in [0.1, 0.15) is 18.1 Å². The molecule has 1 aromatic carbocycles. The van der Waals surface area contributed by atoms with E-state index < -0.39 is 0 Å². The minimum atomic E-state index is -0.236. The first-order valence-corrected chi connectivity index (χ1v) is 4.41. The van der Waals surface area contributed by atoms with Crippen molar-refractivity contribution in [2.75, 3.05) is 13.7 Å². The first-order chi connectivity index (χ1) is 7.26. The van der Waals surface area contributed by atoms with E-state index in [0.29, 0.717) is 11.5 Å². The van der Waals surface area contributed by atoms with Crippen LogP contribution in [0.2, 0.25) is 0 Å². The number of rotatable bonds is 5. The van der Waals surface area contributed by atoms with Crippen molar-refractivity contribution in [2.45, 2.75) is 6.42 Å². The summed E-state index contributed by atoms with van der Waals surface area (Å²) in [5, 5.41) is 8.27. The average molecular weight is 205 g/mol. The zero-order valence-corrected chi connectivity index (χ0v) is 8.40. The van der Waals surface area contributed by atoms with Crippen molar-refractivity contribution in [2.24, 2.45) is 0 Å². The molecule has 78 valence electrons. The van der Waals surface area contributed by atoms with Crippen LogP contribution >= 0.6 is 0 Å². The molecule has 0 atom stereocenters. The van der Waals surface area contributed by atoms with Crippen LogP contribution in [-0.4, -0.2) is 19.5 Å². The van der Waals surface area contributed by atoms with Gasteiger partial charge in [-0.05, 0) is 12.1 Å². The van der Waals surface area contributed by atoms with Gasteiger partial charge in [-0.15, -0.1) is 0 Å². The molecule has 0 unspecified atom stereocenters. The van der Waals surface area contributed by atoms with E-state index in [2.05, 4.69) is 0 Å². The molecule has 0 aliphatic carbocycles. The molecule has 0 heterocycles. The lowest BCUT2D eigenvalue weighted by molar-refractivity contribution is -0.120. The van der Waals surface area contributed by atoms with E-state index in [9.17, 15) is 4.79 Å². The van der Waals surface area contributed by atoms with Gasteiger partial charge >= 0.3 is 0 Å². The van der Waals surface area contributed by atoms with E-state index in [1.807, 2.05) is 0 Å². The maximum atomic E-state index is 11.0. The van der Waals surface area contributed by atoms with E-state index in [0.717, 1.165) is 0 Å². The van der Waals surface area contributed by atoms with Crippen molar-refractivity contribution in [3.63, 3.8) is 0 Å². The van der Waals surface area contributed by atoms with Gasteiger partial charge in [-0.1, -0.05) is 6.07 Å². The molecule has 4 heteroatoms. The number of ketones is 1. The van der Waals surface area contributed by atoms with Crippen molar-refractivity contribution < 1.29 is 14.3 Å². The summed E-state index contributed by atoms with van der Waals surface area (Å²) < 4.78 is 10.2. The highest BCUT2D eigenvalue weighted by atomic mass is 16.5. The van der Waals surface area contributed by atoms with Crippen molar-refractivity contribution in [3.8, 4) is 17.6 Å². The molecule has 4 nitrogen and oxygen atoms in total. The molecular formula is C11H11NO3. The van der Waals surface area contributed by atoms with E-state index in [1.165, 1.54) is 0 Å². The molecule has 0 aliphatic rings. The molecule has 0 amide bonds. The van der Waals surface area contributed by atoms with Crippen LogP contribution in [0.1, 0.15) is 6.42 Å². The van der Waals surface area contributed by atoms with E-state index >= 15 is 0 Å². The van der Waals surface area contributed by atoms with Crippen LogP contribution in [0.25, 0.3) is 0 Å². The van der Waals surface area contributed by atoms with Crippen molar-refractivity contribution in [1.29, 1.82) is 5.26 Å². The molecule has 0 fully saturated rings. The summed E-state index contributed by atoms with van der Waals surface area (Å²) in [6.45, 7) is -0.0826. The normalized spacial score (nSPS) is 9.07. The molecular weight excluding hydrogens is 194 g/mol. The average Bonchev–Trinajstić information content (AvgIpc) is 2.27. The number of hydrogen-bond donors (Lipinski definition) is 0. The summed E-state index contributed by atoms with van der Waals surface area (Å²) in [7, 11) is 1.56. The summed E-state index contributed by atoms with van der Waals surface area (Å²) >= 11 is 0. The third-order valence-corrected chi connectivity index (χ3v) is 1.72. The predicted octanol–water partition coefficient (Wildman–Crippen LogP) is 1.56. The number of ether oxygens (including phenoxy) is 2. The number of carbonyl (C=O) groups excluding carboxylic acids is 1. The third-order valence-electron chi connectivity index (χ3n) is 1.72. The maximum Gasteiger partial charge on any atom is 0.184 e. The summed E-state index contributed by atoms with van der Waals surface area (Å²) in [5.74, 6) is 0.987. The minimum absolute atomic E-state index is 0.0826. The first-order valence-electron chi connectivity index (χ1n) is 4.41. The van der Waals surface area contributed by atoms with Gasteiger partial charge in [0.05, 0.1) is 19.6 Å². The standard InChI is InChI=1S/C11H11NO3/c1-14-10-3-2-4-11(7-10)15-8-9(13)5-6-12/h2-4,7H,5,8H2,1H3. The van der Waals surface area contributed by atoms with Crippen LogP contribution in [-0.2, 0) is 4.79 Å².